The van der Waals surface area contributed by atoms with Gasteiger partial charge in [0.05, 0.1) is 4.92 Å². The standard InChI is InChI=1S/C11H8ClN3O3/c12-7-1-2-10(9(5-7)15(16)17)18-8-3-4-14-11(13)6-8/h1-6H,(H2,13,14). The fourth-order valence-corrected chi connectivity index (χ4v) is 1.50. The van der Waals surface area contributed by atoms with E-state index in [1.54, 1.807) is 6.07 Å². The van der Waals surface area contributed by atoms with Gasteiger partial charge < -0.3 is 10.5 Å². The number of benzene rings is 1. The smallest absolute Gasteiger partial charge is 0.313 e. The fraction of sp³-hybridized carbons (Fsp3) is 0. The number of nitro benzene ring substituents is 1. The Hall–Kier alpha value is -2.34. The number of nitrogens with two attached hydrogens (primary N) is 1. The Kier molecular flexibility index (Phi) is 3.29. The van der Waals surface area contributed by atoms with Crippen LogP contribution in [0.4, 0.5) is 11.5 Å². The van der Waals surface area contributed by atoms with E-state index in [1.165, 1.54) is 30.5 Å². The van der Waals surface area contributed by atoms with Gasteiger partial charge in [-0.1, -0.05) is 11.6 Å². The summed E-state index contributed by atoms with van der Waals surface area (Å²) in [5.41, 5.74) is 5.28. The third kappa shape index (κ3) is 2.67. The largest absolute Gasteiger partial charge is 0.450 e. The van der Waals surface area contributed by atoms with Crippen LogP contribution in [0.5, 0.6) is 11.5 Å². The lowest BCUT2D eigenvalue weighted by molar-refractivity contribution is -0.385. The summed E-state index contributed by atoms with van der Waals surface area (Å²) >= 11 is 5.70. The quantitative estimate of drug-likeness (QED) is 0.680. The number of anilines is 1. The number of nitro groups is 1. The molecule has 6 nitrogen and oxygen atoms in total. The zero-order valence-corrected chi connectivity index (χ0v) is 9.79. The van der Waals surface area contributed by atoms with Gasteiger partial charge in [-0.3, -0.25) is 10.1 Å². The van der Waals surface area contributed by atoms with Crippen LogP contribution in [0, 0.1) is 10.1 Å². The number of rotatable bonds is 3. The lowest BCUT2D eigenvalue weighted by atomic mass is 10.3. The van der Waals surface area contributed by atoms with Crippen molar-refractivity contribution in [3.63, 3.8) is 0 Å². The van der Waals surface area contributed by atoms with Crippen molar-refractivity contribution >= 4 is 23.1 Å². The van der Waals surface area contributed by atoms with E-state index in [0.29, 0.717) is 5.75 Å². The maximum atomic E-state index is 10.9. The highest BCUT2D eigenvalue weighted by molar-refractivity contribution is 6.30. The highest BCUT2D eigenvalue weighted by Gasteiger charge is 2.16. The number of hydrogen-bond donors (Lipinski definition) is 1. The first-order valence-electron chi connectivity index (χ1n) is 4.89. The second-order valence-electron chi connectivity index (χ2n) is 3.39. The number of nitrogens with zero attached hydrogens (tertiary/aromatic N) is 2. The predicted octanol–water partition coefficient (Wildman–Crippen LogP) is 3.02. The van der Waals surface area contributed by atoms with E-state index in [0.717, 1.165) is 0 Å². The summed E-state index contributed by atoms with van der Waals surface area (Å²) in [7, 11) is 0. The van der Waals surface area contributed by atoms with Gasteiger partial charge in [0, 0.05) is 23.4 Å². The topological polar surface area (TPSA) is 91.3 Å². The molecule has 18 heavy (non-hydrogen) atoms. The second kappa shape index (κ2) is 4.89. The minimum absolute atomic E-state index is 0.0926. The van der Waals surface area contributed by atoms with E-state index in [-0.39, 0.29) is 22.3 Å². The molecule has 7 heteroatoms. The Balaban J connectivity index is 2.37. The summed E-state index contributed by atoms with van der Waals surface area (Å²) in [5, 5.41) is 11.1. The van der Waals surface area contributed by atoms with Crippen molar-refractivity contribution in [2.45, 2.75) is 0 Å². The molecule has 2 aromatic rings. The monoisotopic (exact) mass is 265 g/mol. The lowest BCUT2D eigenvalue weighted by Gasteiger charge is -2.06. The van der Waals surface area contributed by atoms with E-state index in [4.69, 9.17) is 22.1 Å². The van der Waals surface area contributed by atoms with Crippen molar-refractivity contribution in [3.8, 4) is 11.5 Å². The Morgan fingerprint density at radius 1 is 1.33 bits per heavy atom. The molecule has 1 heterocycles. The van der Waals surface area contributed by atoms with Crippen LogP contribution in [-0.2, 0) is 0 Å². The Labute approximate surface area is 107 Å². The molecule has 0 fully saturated rings. The van der Waals surface area contributed by atoms with Crippen LogP contribution < -0.4 is 10.5 Å². The SMILES string of the molecule is Nc1cc(Oc2ccc(Cl)cc2[N+](=O)[O-])ccn1. The highest BCUT2D eigenvalue weighted by Crippen LogP contribution is 2.33. The molecule has 0 aliphatic heterocycles. The van der Waals surface area contributed by atoms with E-state index >= 15 is 0 Å². The van der Waals surface area contributed by atoms with Crippen LogP contribution >= 0.6 is 11.6 Å². The zero-order chi connectivity index (χ0) is 13.1. The molecular formula is C11H8ClN3O3. The molecule has 92 valence electrons. The van der Waals surface area contributed by atoms with Crippen LogP contribution in [0.2, 0.25) is 5.02 Å². The summed E-state index contributed by atoms with van der Waals surface area (Å²) in [6.45, 7) is 0. The molecule has 0 saturated carbocycles. The minimum atomic E-state index is -0.564. The Morgan fingerprint density at radius 3 is 2.78 bits per heavy atom. The molecule has 0 radical (unpaired) electrons. The van der Waals surface area contributed by atoms with Crippen LogP contribution in [0.1, 0.15) is 0 Å². The predicted molar refractivity (Wildman–Crippen MR) is 66.8 cm³/mol. The Bertz CT molecular complexity index is 604. The Morgan fingerprint density at radius 2 is 2.11 bits per heavy atom. The summed E-state index contributed by atoms with van der Waals surface area (Å²) in [6, 6.07) is 7.18. The molecule has 0 amide bonds. The molecule has 2 N–H and O–H groups in total. The summed E-state index contributed by atoms with van der Waals surface area (Å²) in [6.07, 6.45) is 1.45. The van der Waals surface area contributed by atoms with Gasteiger partial charge in [-0.05, 0) is 18.2 Å². The second-order valence-corrected chi connectivity index (χ2v) is 3.82. The van der Waals surface area contributed by atoms with Gasteiger partial charge in [0.15, 0.2) is 0 Å². The first-order chi connectivity index (χ1) is 8.56. The molecular weight excluding hydrogens is 258 g/mol. The third-order valence-electron chi connectivity index (χ3n) is 2.10. The fourth-order valence-electron chi connectivity index (χ4n) is 1.34. The summed E-state index contributed by atoms with van der Waals surface area (Å²) < 4.78 is 5.39. The van der Waals surface area contributed by atoms with Crippen LogP contribution in [0.3, 0.4) is 0 Å². The zero-order valence-electron chi connectivity index (χ0n) is 9.04. The maximum Gasteiger partial charge on any atom is 0.313 e. The molecule has 0 unspecified atom stereocenters. The summed E-state index contributed by atoms with van der Waals surface area (Å²) in [4.78, 5) is 14.1. The van der Waals surface area contributed by atoms with Gasteiger partial charge in [0.2, 0.25) is 5.75 Å². The highest BCUT2D eigenvalue weighted by atomic mass is 35.5. The molecule has 0 bridgehead atoms. The molecule has 0 aliphatic carbocycles. The molecule has 0 atom stereocenters. The number of aromatic nitrogens is 1. The van der Waals surface area contributed by atoms with Crippen molar-refractivity contribution in [1.82, 2.24) is 4.98 Å². The molecule has 1 aromatic heterocycles. The first-order valence-corrected chi connectivity index (χ1v) is 5.27. The average molecular weight is 266 g/mol. The number of nitrogen functional groups attached to an aromatic ring is 1. The van der Waals surface area contributed by atoms with Crippen LogP contribution in [0.25, 0.3) is 0 Å². The van der Waals surface area contributed by atoms with E-state index in [2.05, 4.69) is 4.98 Å². The van der Waals surface area contributed by atoms with Crippen LogP contribution in [0.15, 0.2) is 36.5 Å². The first kappa shape index (κ1) is 12.1. The van der Waals surface area contributed by atoms with Gasteiger partial charge in [0.1, 0.15) is 11.6 Å². The molecule has 2 rings (SSSR count). The number of hydrogen-bond acceptors (Lipinski definition) is 5. The van der Waals surface area contributed by atoms with Crippen molar-refractivity contribution in [2.75, 3.05) is 5.73 Å². The minimum Gasteiger partial charge on any atom is -0.450 e. The van der Waals surface area contributed by atoms with Crippen molar-refractivity contribution in [1.29, 1.82) is 0 Å². The van der Waals surface area contributed by atoms with Gasteiger partial charge >= 0.3 is 5.69 Å². The van der Waals surface area contributed by atoms with Crippen molar-refractivity contribution in [3.05, 3.63) is 51.7 Å². The molecule has 0 spiro atoms. The molecule has 0 aliphatic rings. The van der Waals surface area contributed by atoms with Crippen molar-refractivity contribution < 1.29 is 9.66 Å². The van der Waals surface area contributed by atoms with Crippen molar-refractivity contribution in [2.24, 2.45) is 0 Å². The van der Waals surface area contributed by atoms with Crippen LogP contribution in [-0.4, -0.2) is 9.91 Å². The van der Waals surface area contributed by atoms with E-state index in [1.807, 2.05) is 0 Å². The van der Waals surface area contributed by atoms with E-state index in [9.17, 15) is 10.1 Å². The lowest BCUT2D eigenvalue weighted by Crippen LogP contribution is -1.95. The van der Waals surface area contributed by atoms with Gasteiger partial charge in [-0.15, -0.1) is 0 Å². The van der Waals surface area contributed by atoms with Gasteiger partial charge in [-0.2, -0.15) is 0 Å². The van der Waals surface area contributed by atoms with E-state index < -0.39 is 4.92 Å². The third-order valence-corrected chi connectivity index (χ3v) is 2.33. The molecule has 0 saturated heterocycles. The van der Waals surface area contributed by atoms with Gasteiger partial charge in [-0.25, -0.2) is 4.98 Å². The van der Waals surface area contributed by atoms with Gasteiger partial charge in [0.25, 0.3) is 0 Å². The normalized spacial score (nSPS) is 10.1. The maximum absolute atomic E-state index is 10.9. The number of halogens is 1. The molecule has 1 aromatic carbocycles. The average Bonchev–Trinajstić information content (AvgIpc) is 2.31. The number of pyridine rings is 1. The summed E-state index contributed by atoms with van der Waals surface area (Å²) in [5.74, 6) is 0.729. The number of ether oxygens (including phenoxy) is 1.